The third-order valence-corrected chi connectivity index (χ3v) is 3.87. The van der Waals surface area contributed by atoms with Gasteiger partial charge in [-0.05, 0) is 12.1 Å². The van der Waals surface area contributed by atoms with E-state index in [1.165, 1.54) is 0 Å². The Morgan fingerprint density at radius 2 is 1.19 bits per heavy atom. The number of carboxylic acid groups (broad SMARTS) is 2. The van der Waals surface area contributed by atoms with Gasteiger partial charge in [0.1, 0.15) is 4.90 Å². The number of hydrogen-bond donors (Lipinski definition) is 4. The molecule has 0 saturated carbocycles. The van der Waals surface area contributed by atoms with Crippen molar-refractivity contribution in [2.45, 2.75) is 9.79 Å². The van der Waals surface area contributed by atoms with Crippen molar-refractivity contribution in [3.8, 4) is 0 Å². The van der Waals surface area contributed by atoms with Crippen LogP contribution in [0.3, 0.4) is 0 Å². The molecular formula is C8H7NaO10S2. The molecular weight excluding hydrogens is 343 g/mol. The summed E-state index contributed by atoms with van der Waals surface area (Å²) in [6.07, 6.45) is 0. The van der Waals surface area contributed by atoms with Crippen LogP contribution in [0.25, 0.3) is 0 Å². The Labute approximate surface area is 141 Å². The Hall–Kier alpha value is -1.02. The summed E-state index contributed by atoms with van der Waals surface area (Å²) in [7, 11) is -10.2. The first-order chi connectivity index (χ1) is 8.85. The van der Waals surface area contributed by atoms with E-state index in [1.807, 2.05) is 0 Å². The zero-order valence-corrected chi connectivity index (χ0v) is 13.8. The van der Waals surface area contributed by atoms with Crippen LogP contribution in [0.5, 0.6) is 0 Å². The molecule has 0 radical (unpaired) electrons. The third kappa shape index (κ3) is 4.47. The molecule has 13 heteroatoms. The fourth-order valence-electron chi connectivity index (χ4n) is 1.35. The molecule has 0 atom stereocenters. The summed E-state index contributed by atoms with van der Waals surface area (Å²) < 4.78 is 61.6. The van der Waals surface area contributed by atoms with Gasteiger partial charge in [-0.2, -0.15) is 16.8 Å². The van der Waals surface area contributed by atoms with Crippen LogP contribution >= 0.6 is 0 Å². The molecule has 0 heterocycles. The first kappa shape index (κ1) is 20.0. The van der Waals surface area contributed by atoms with Crippen molar-refractivity contribution in [3.63, 3.8) is 0 Å². The van der Waals surface area contributed by atoms with E-state index in [9.17, 15) is 26.4 Å². The maximum absolute atomic E-state index is 11.1. The maximum Gasteiger partial charge on any atom is 1.00 e. The van der Waals surface area contributed by atoms with Crippen LogP contribution in [0, 0.1) is 0 Å². The van der Waals surface area contributed by atoms with Crippen LogP contribution in [0.15, 0.2) is 21.9 Å². The zero-order valence-electron chi connectivity index (χ0n) is 11.2. The predicted octanol–water partition coefficient (Wildman–Crippen LogP) is -3.31. The summed E-state index contributed by atoms with van der Waals surface area (Å²) in [5, 5.41) is 17.6. The van der Waals surface area contributed by atoms with Crippen molar-refractivity contribution in [1.29, 1.82) is 0 Å². The van der Waals surface area contributed by atoms with Gasteiger partial charge in [-0.1, -0.05) is 0 Å². The Morgan fingerprint density at radius 3 is 1.38 bits per heavy atom. The molecule has 0 spiro atoms. The number of hydrogen-bond acceptors (Lipinski definition) is 6. The predicted molar refractivity (Wildman–Crippen MR) is 61.1 cm³/mol. The molecule has 1 aromatic rings. The van der Waals surface area contributed by atoms with Gasteiger partial charge in [0.05, 0.1) is 16.0 Å². The van der Waals surface area contributed by atoms with Crippen molar-refractivity contribution < 1.29 is 76.7 Å². The molecule has 0 amide bonds. The van der Waals surface area contributed by atoms with Crippen LogP contribution in [-0.4, -0.2) is 48.1 Å². The van der Waals surface area contributed by atoms with E-state index in [-0.39, 0.29) is 43.1 Å². The smallest absolute Gasteiger partial charge is 1.00 e. The van der Waals surface area contributed by atoms with Crippen LogP contribution in [-0.2, 0) is 20.2 Å². The number of aromatic carboxylic acids is 2. The topological polar surface area (TPSA) is 183 Å². The SMILES string of the molecule is O=C(O)c1cc(S(=O)(=O)O)cc(C(=O)O)c1S(=O)(=O)O.[H-].[Na+]. The van der Waals surface area contributed by atoms with Crippen molar-refractivity contribution in [3.05, 3.63) is 23.3 Å². The number of benzene rings is 1. The largest absolute Gasteiger partial charge is 1.00 e. The second-order valence-corrected chi connectivity index (χ2v) is 6.19. The zero-order chi connectivity index (χ0) is 15.9. The Morgan fingerprint density at radius 1 is 0.857 bits per heavy atom. The van der Waals surface area contributed by atoms with Crippen molar-refractivity contribution >= 4 is 32.2 Å². The molecule has 0 aliphatic heterocycles. The van der Waals surface area contributed by atoms with Gasteiger partial charge in [0.25, 0.3) is 20.2 Å². The molecule has 0 saturated heterocycles. The Balaban J connectivity index is 0. The molecule has 0 unspecified atom stereocenters. The van der Waals surface area contributed by atoms with E-state index in [0.717, 1.165) is 0 Å². The first-order valence-electron chi connectivity index (χ1n) is 4.45. The van der Waals surface area contributed by atoms with Crippen molar-refractivity contribution in [1.82, 2.24) is 0 Å². The van der Waals surface area contributed by atoms with Crippen LogP contribution < -0.4 is 29.6 Å². The molecule has 1 rings (SSSR count). The summed E-state index contributed by atoms with van der Waals surface area (Å²) in [6, 6.07) is 0.431. The van der Waals surface area contributed by atoms with Crippen molar-refractivity contribution in [2.75, 3.05) is 0 Å². The molecule has 1 aromatic carbocycles. The summed E-state index contributed by atoms with van der Waals surface area (Å²) in [4.78, 5) is 19.1. The molecule has 21 heavy (non-hydrogen) atoms. The number of carboxylic acids is 2. The van der Waals surface area contributed by atoms with E-state index in [4.69, 9.17) is 19.3 Å². The first-order valence-corrected chi connectivity index (χ1v) is 7.33. The van der Waals surface area contributed by atoms with Crippen LogP contribution in [0.1, 0.15) is 22.1 Å². The second-order valence-electron chi connectivity index (χ2n) is 3.41. The van der Waals surface area contributed by atoms with E-state index in [0.29, 0.717) is 0 Å². The van der Waals surface area contributed by atoms with Crippen molar-refractivity contribution in [2.24, 2.45) is 0 Å². The molecule has 0 bridgehead atoms. The summed E-state index contributed by atoms with van der Waals surface area (Å²) >= 11 is 0. The molecule has 112 valence electrons. The van der Waals surface area contributed by atoms with E-state index in [2.05, 4.69) is 0 Å². The minimum Gasteiger partial charge on any atom is -1.00 e. The van der Waals surface area contributed by atoms with E-state index < -0.39 is 53.1 Å². The summed E-state index contributed by atoms with van der Waals surface area (Å²) in [5.41, 5.74) is -2.61. The van der Waals surface area contributed by atoms with Crippen LogP contribution in [0.4, 0.5) is 0 Å². The van der Waals surface area contributed by atoms with Gasteiger partial charge in [-0.15, -0.1) is 0 Å². The van der Waals surface area contributed by atoms with E-state index in [1.54, 1.807) is 0 Å². The van der Waals surface area contributed by atoms with Crippen LogP contribution in [0.2, 0.25) is 0 Å². The Kier molecular flexibility index (Phi) is 6.08. The summed E-state index contributed by atoms with van der Waals surface area (Å²) in [5.74, 6) is -4.02. The second kappa shape index (κ2) is 6.39. The molecule has 0 aromatic heterocycles. The normalized spacial score (nSPS) is 11.5. The minimum atomic E-state index is -5.25. The van der Waals surface area contributed by atoms with Gasteiger partial charge in [-0.25, -0.2) is 9.59 Å². The molecule has 0 aliphatic carbocycles. The average Bonchev–Trinajstić information content (AvgIpc) is 2.24. The Bertz CT molecular complexity index is 778. The monoisotopic (exact) mass is 350 g/mol. The minimum absolute atomic E-state index is 0. The summed E-state index contributed by atoms with van der Waals surface area (Å²) in [6.45, 7) is 0. The quantitative estimate of drug-likeness (QED) is 0.317. The molecule has 4 N–H and O–H groups in total. The maximum atomic E-state index is 11.1. The third-order valence-electron chi connectivity index (χ3n) is 2.08. The van der Waals surface area contributed by atoms with Gasteiger partial charge in [0.15, 0.2) is 0 Å². The average molecular weight is 350 g/mol. The van der Waals surface area contributed by atoms with Gasteiger partial charge in [0, 0.05) is 0 Å². The standard InChI is InChI=1S/C8H6O10S2.Na.H/c9-7(10)4-1-3(19(13,14)15)2-5(8(11)12)6(4)20(16,17)18;;/h1-2H,(H,9,10)(H,11,12)(H,13,14,15)(H,16,17,18);;/q;+1;-1. The molecule has 0 fully saturated rings. The fraction of sp³-hybridized carbons (Fsp3) is 0. The number of carbonyl (C=O) groups is 2. The van der Waals surface area contributed by atoms with Gasteiger partial charge >= 0.3 is 41.5 Å². The van der Waals surface area contributed by atoms with Gasteiger partial charge < -0.3 is 11.6 Å². The van der Waals surface area contributed by atoms with E-state index >= 15 is 0 Å². The van der Waals surface area contributed by atoms with Gasteiger partial charge in [0.2, 0.25) is 0 Å². The molecule has 0 aliphatic rings. The fourth-order valence-corrected chi connectivity index (χ4v) is 2.73. The number of rotatable bonds is 4. The van der Waals surface area contributed by atoms with Gasteiger partial charge in [-0.3, -0.25) is 9.11 Å². The molecule has 10 nitrogen and oxygen atoms in total.